The third kappa shape index (κ3) is 4.97. The molecule has 1 N–H and O–H groups in total. The largest absolute Gasteiger partial charge is 0.573 e. The maximum absolute atomic E-state index is 12.6. The zero-order chi connectivity index (χ0) is 21.1. The number of carbonyl (C=O) groups excluding carboxylic acids is 1. The highest BCUT2D eigenvalue weighted by Gasteiger charge is 2.31. The van der Waals surface area contributed by atoms with Gasteiger partial charge in [0, 0.05) is 32.7 Å². The Hall–Kier alpha value is -2.92. The molecule has 158 valence electrons. The molecule has 0 bridgehead atoms. The molecule has 0 spiro atoms. The van der Waals surface area contributed by atoms with E-state index in [4.69, 9.17) is 0 Å². The number of rotatable bonds is 4. The van der Waals surface area contributed by atoms with E-state index in [2.05, 4.69) is 23.7 Å². The maximum Gasteiger partial charge on any atom is 0.573 e. The Morgan fingerprint density at radius 2 is 1.87 bits per heavy atom. The number of aromatic nitrogens is 2. The van der Waals surface area contributed by atoms with Crippen LogP contribution in [-0.4, -0.2) is 57.1 Å². The van der Waals surface area contributed by atoms with E-state index in [-0.39, 0.29) is 11.8 Å². The molecule has 0 radical (unpaired) electrons. The van der Waals surface area contributed by atoms with E-state index in [1.54, 1.807) is 17.0 Å². The smallest absolute Gasteiger partial charge is 0.406 e. The molecule has 11 heteroatoms. The van der Waals surface area contributed by atoms with Gasteiger partial charge < -0.3 is 15.0 Å². The number of urea groups is 1. The van der Waals surface area contributed by atoms with Crippen molar-refractivity contribution in [1.29, 1.82) is 0 Å². The Morgan fingerprint density at radius 3 is 2.63 bits per heavy atom. The van der Waals surface area contributed by atoms with Gasteiger partial charge in [-0.15, -0.1) is 13.2 Å². The second-order valence-electron chi connectivity index (χ2n) is 6.83. The van der Waals surface area contributed by atoms with Crippen molar-refractivity contribution in [3.63, 3.8) is 0 Å². The fourth-order valence-electron chi connectivity index (χ4n) is 3.31. The first-order chi connectivity index (χ1) is 14.4. The summed E-state index contributed by atoms with van der Waals surface area (Å²) in [7, 11) is 0. The number of benzene rings is 2. The van der Waals surface area contributed by atoms with Crippen LogP contribution < -0.4 is 10.1 Å². The van der Waals surface area contributed by atoms with E-state index in [1.165, 1.54) is 18.2 Å². The van der Waals surface area contributed by atoms with Crippen molar-refractivity contribution >= 4 is 34.5 Å². The molecule has 0 unspecified atom stereocenters. The first-order valence-corrected chi connectivity index (χ1v) is 9.95. The molecule has 30 heavy (non-hydrogen) atoms. The number of ether oxygens (including phenoxy) is 1. The second kappa shape index (κ2) is 8.44. The van der Waals surface area contributed by atoms with Crippen LogP contribution in [0.5, 0.6) is 5.75 Å². The number of alkyl halides is 3. The van der Waals surface area contributed by atoms with Crippen molar-refractivity contribution < 1.29 is 22.7 Å². The van der Waals surface area contributed by atoms with Crippen molar-refractivity contribution in [2.45, 2.75) is 12.9 Å². The van der Waals surface area contributed by atoms with E-state index in [0.717, 1.165) is 22.8 Å². The Kier molecular flexibility index (Phi) is 5.73. The molecule has 2 heterocycles. The monoisotopic (exact) mass is 437 g/mol. The average Bonchev–Trinajstić information content (AvgIpc) is 3.17. The van der Waals surface area contributed by atoms with Crippen molar-refractivity contribution in [3.05, 3.63) is 48.0 Å². The SMILES string of the molecule is O=C(Nc1cccc2nsnc12)N1CCN(Cc2cccc(OC(F)(F)F)c2)CC1. The molecule has 7 nitrogen and oxygen atoms in total. The summed E-state index contributed by atoms with van der Waals surface area (Å²) < 4.78 is 49.5. The van der Waals surface area contributed by atoms with E-state index in [0.29, 0.717) is 43.9 Å². The summed E-state index contributed by atoms with van der Waals surface area (Å²) in [5.74, 6) is -0.233. The Labute approximate surface area is 174 Å². The lowest BCUT2D eigenvalue weighted by Crippen LogP contribution is -2.49. The van der Waals surface area contributed by atoms with Gasteiger partial charge >= 0.3 is 12.4 Å². The van der Waals surface area contributed by atoms with Gasteiger partial charge in [-0.1, -0.05) is 18.2 Å². The summed E-state index contributed by atoms with van der Waals surface area (Å²) in [5, 5.41) is 2.88. The topological polar surface area (TPSA) is 70.6 Å². The Morgan fingerprint density at radius 1 is 1.10 bits per heavy atom. The van der Waals surface area contributed by atoms with Crippen LogP contribution in [0.3, 0.4) is 0 Å². The van der Waals surface area contributed by atoms with Crippen molar-refractivity contribution in [2.24, 2.45) is 0 Å². The molecule has 1 aromatic heterocycles. The van der Waals surface area contributed by atoms with Crippen LogP contribution in [0.2, 0.25) is 0 Å². The number of nitrogens with zero attached hydrogens (tertiary/aromatic N) is 4. The lowest BCUT2D eigenvalue weighted by Gasteiger charge is -2.34. The fourth-order valence-corrected chi connectivity index (χ4v) is 3.86. The minimum Gasteiger partial charge on any atom is -0.406 e. The fraction of sp³-hybridized carbons (Fsp3) is 0.316. The highest BCUT2D eigenvalue weighted by Crippen LogP contribution is 2.24. The molecule has 0 aliphatic carbocycles. The first kappa shape index (κ1) is 20.4. The lowest BCUT2D eigenvalue weighted by atomic mass is 10.2. The molecule has 2 amide bonds. The number of hydrogen-bond acceptors (Lipinski definition) is 6. The van der Waals surface area contributed by atoms with Gasteiger partial charge in [-0.25, -0.2) is 4.79 Å². The van der Waals surface area contributed by atoms with Crippen LogP contribution in [0.15, 0.2) is 42.5 Å². The number of fused-ring (bicyclic) bond motifs is 1. The molecule has 1 aliphatic heterocycles. The molecule has 4 rings (SSSR count). The van der Waals surface area contributed by atoms with Crippen LogP contribution in [0.4, 0.5) is 23.7 Å². The zero-order valence-electron chi connectivity index (χ0n) is 15.7. The highest BCUT2D eigenvalue weighted by atomic mass is 32.1. The summed E-state index contributed by atoms with van der Waals surface area (Å²) in [4.78, 5) is 16.4. The summed E-state index contributed by atoms with van der Waals surface area (Å²) in [6.07, 6.45) is -4.71. The Bertz CT molecular complexity index is 1030. The molecule has 1 saturated heterocycles. The van der Waals surface area contributed by atoms with Gasteiger partial charge in [-0.2, -0.15) is 8.75 Å². The third-order valence-electron chi connectivity index (χ3n) is 4.73. The van der Waals surface area contributed by atoms with Crippen LogP contribution in [-0.2, 0) is 6.54 Å². The summed E-state index contributed by atoms with van der Waals surface area (Å²) in [5.41, 5.74) is 2.74. The van der Waals surface area contributed by atoms with Gasteiger partial charge in [0.25, 0.3) is 0 Å². The standard InChI is InChI=1S/C19H18F3N5O2S/c20-19(21,22)29-14-4-1-3-13(11-14)12-26-7-9-27(10-8-26)18(28)23-15-5-2-6-16-17(15)25-30-24-16/h1-6,11H,7-10,12H2,(H,23,28). The maximum atomic E-state index is 12.6. The van der Waals surface area contributed by atoms with Gasteiger partial charge in [0.05, 0.1) is 17.4 Å². The predicted octanol–water partition coefficient (Wildman–Crippen LogP) is 3.94. The number of piperazine rings is 1. The zero-order valence-corrected chi connectivity index (χ0v) is 16.5. The number of nitrogens with one attached hydrogen (secondary N) is 1. The van der Waals surface area contributed by atoms with Crippen molar-refractivity contribution in [1.82, 2.24) is 18.5 Å². The number of hydrogen-bond donors (Lipinski definition) is 1. The van der Waals surface area contributed by atoms with Crippen LogP contribution >= 0.6 is 11.7 Å². The number of amides is 2. The molecule has 1 fully saturated rings. The van der Waals surface area contributed by atoms with Crippen molar-refractivity contribution in [3.8, 4) is 5.75 Å². The van der Waals surface area contributed by atoms with Crippen molar-refractivity contribution in [2.75, 3.05) is 31.5 Å². The normalized spacial score (nSPS) is 15.4. The highest BCUT2D eigenvalue weighted by molar-refractivity contribution is 7.00. The van der Waals surface area contributed by atoms with Gasteiger partial charge in [0.1, 0.15) is 16.8 Å². The molecular formula is C19H18F3N5O2S. The van der Waals surface area contributed by atoms with Gasteiger partial charge in [-0.3, -0.25) is 4.90 Å². The molecule has 3 aromatic rings. The number of halogens is 3. The predicted molar refractivity (Wildman–Crippen MR) is 106 cm³/mol. The molecule has 0 atom stereocenters. The molecule has 1 aliphatic rings. The molecule has 0 saturated carbocycles. The van der Waals surface area contributed by atoms with Crippen LogP contribution in [0.1, 0.15) is 5.56 Å². The lowest BCUT2D eigenvalue weighted by molar-refractivity contribution is -0.274. The summed E-state index contributed by atoms with van der Waals surface area (Å²) in [6, 6.07) is 11.2. The quantitative estimate of drug-likeness (QED) is 0.670. The molecular weight excluding hydrogens is 419 g/mol. The van der Waals surface area contributed by atoms with E-state index in [9.17, 15) is 18.0 Å². The van der Waals surface area contributed by atoms with E-state index in [1.807, 2.05) is 12.1 Å². The summed E-state index contributed by atoms with van der Waals surface area (Å²) in [6.45, 7) is 2.72. The molecule has 2 aromatic carbocycles. The van der Waals surface area contributed by atoms with Crippen LogP contribution in [0, 0.1) is 0 Å². The third-order valence-corrected chi connectivity index (χ3v) is 5.27. The first-order valence-electron chi connectivity index (χ1n) is 9.22. The van der Waals surface area contributed by atoms with Crippen LogP contribution in [0.25, 0.3) is 11.0 Å². The number of anilines is 1. The minimum atomic E-state index is -4.71. The Balaban J connectivity index is 1.31. The minimum absolute atomic E-state index is 0.212. The van der Waals surface area contributed by atoms with E-state index >= 15 is 0 Å². The van der Waals surface area contributed by atoms with Gasteiger partial charge in [-0.05, 0) is 29.8 Å². The van der Waals surface area contributed by atoms with Gasteiger partial charge in [0.2, 0.25) is 0 Å². The van der Waals surface area contributed by atoms with Gasteiger partial charge in [0.15, 0.2) is 0 Å². The number of carbonyl (C=O) groups is 1. The van der Waals surface area contributed by atoms with E-state index < -0.39 is 6.36 Å². The second-order valence-corrected chi connectivity index (χ2v) is 7.35. The summed E-state index contributed by atoms with van der Waals surface area (Å²) >= 11 is 1.09. The average molecular weight is 437 g/mol.